The summed E-state index contributed by atoms with van der Waals surface area (Å²) >= 11 is 0. The fourth-order valence-electron chi connectivity index (χ4n) is 1.98. The summed E-state index contributed by atoms with van der Waals surface area (Å²) in [6, 6.07) is 7.66. The number of ether oxygens (including phenoxy) is 2. The molecule has 1 heterocycles. The number of hydrogen-bond donors (Lipinski definition) is 2. The molecule has 0 amide bonds. The molecule has 0 radical (unpaired) electrons. The molecule has 0 aliphatic heterocycles. The second kappa shape index (κ2) is 8.02. The van der Waals surface area contributed by atoms with Crippen molar-refractivity contribution >= 4 is 21.7 Å². The average molecular weight is 366 g/mol. The summed E-state index contributed by atoms with van der Waals surface area (Å²) in [5.41, 5.74) is 0. The van der Waals surface area contributed by atoms with Gasteiger partial charge < -0.3 is 14.8 Å². The zero-order chi connectivity index (χ0) is 18.4. The highest BCUT2D eigenvalue weighted by Gasteiger charge is 2.21. The van der Waals surface area contributed by atoms with E-state index in [1.807, 2.05) is 0 Å². The molecule has 2 N–H and O–H groups in total. The van der Waals surface area contributed by atoms with E-state index < -0.39 is 10.0 Å². The predicted octanol–water partition coefficient (Wildman–Crippen LogP) is 2.36. The average Bonchev–Trinajstić information content (AvgIpc) is 2.60. The summed E-state index contributed by atoms with van der Waals surface area (Å²) in [4.78, 5) is -0.0143. The van der Waals surface area contributed by atoms with Gasteiger partial charge >= 0.3 is 0 Å². The second-order valence-corrected chi connectivity index (χ2v) is 7.35. The van der Waals surface area contributed by atoms with E-state index in [9.17, 15) is 8.42 Å². The van der Waals surface area contributed by atoms with Crippen molar-refractivity contribution in [1.29, 1.82) is 0 Å². The number of aromatic nitrogens is 2. The van der Waals surface area contributed by atoms with Crippen molar-refractivity contribution in [3.05, 3.63) is 30.3 Å². The van der Waals surface area contributed by atoms with Crippen LogP contribution in [0.4, 0.5) is 11.6 Å². The lowest BCUT2D eigenvalue weighted by atomic mass is 10.2. The van der Waals surface area contributed by atoms with Gasteiger partial charge in [-0.15, -0.1) is 10.2 Å². The van der Waals surface area contributed by atoms with Crippen LogP contribution in [0.15, 0.2) is 35.2 Å². The summed E-state index contributed by atoms with van der Waals surface area (Å²) in [6.45, 7) is 4.90. The Morgan fingerprint density at radius 3 is 2.28 bits per heavy atom. The van der Waals surface area contributed by atoms with Gasteiger partial charge in [-0.25, -0.2) is 8.42 Å². The van der Waals surface area contributed by atoms with E-state index in [-0.39, 0.29) is 16.5 Å². The standard InChI is InChI=1S/C16H22N4O4S/c1-11(2)10-17-15-7-8-16(19-18-15)20-25(21,22)14-6-5-12(23-3)9-13(14)24-4/h5-9,11H,10H2,1-4H3,(H,17,18)(H,19,20). The second-order valence-electron chi connectivity index (χ2n) is 5.70. The molecule has 0 atom stereocenters. The van der Waals surface area contributed by atoms with Crippen LogP contribution >= 0.6 is 0 Å². The third-order valence-electron chi connectivity index (χ3n) is 3.26. The summed E-state index contributed by atoms with van der Waals surface area (Å²) in [5.74, 6) is 1.83. The number of benzene rings is 1. The molecule has 1 aromatic heterocycles. The molecule has 136 valence electrons. The summed E-state index contributed by atoms with van der Waals surface area (Å²) in [7, 11) is -0.990. The van der Waals surface area contributed by atoms with Gasteiger partial charge in [0.15, 0.2) is 5.82 Å². The summed E-state index contributed by atoms with van der Waals surface area (Å²) in [6.07, 6.45) is 0. The Labute approximate surface area is 147 Å². The van der Waals surface area contributed by atoms with E-state index in [0.29, 0.717) is 17.5 Å². The number of nitrogens with one attached hydrogen (secondary N) is 2. The first-order valence-corrected chi connectivity index (χ1v) is 9.16. The predicted molar refractivity (Wildman–Crippen MR) is 95.7 cm³/mol. The minimum Gasteiger partial charge on any atom is -0.497 e. The highest BCUT2D eigenvalue weighted by Crippen LogP contribution is 2.29. The molecule has 0 aliphatic carbocycles. The van der Waals surface area contributed by atoms with Gasteiger partial charge in [-0.1, -0.05) is 13.8 Å². The molecular weight excluding hydrogens is 344 g/mol. The molecule has 8 nitrogen and oxygen atoms in total. The van der Waals surface area contributed by atoms with Crippen LogP contribution in [0.3, 0.4) is 0 Å². The van der Waals surface area contributed by atoms with E-state index in [4.69, 9.17) is 9.47 Å². The van der Waals surface area contributed by atoms with Gasteiger partial charge in [0.1, 0.15) is 22.2 Å². The van der Waals surface area contributed by atoms with Gasteiger partial charge in [-0.05, 0) is 30.2 Å². The van der Waals surface area contributed by atoms with Gasteiger partial charge in [0, 0.05) is 12.6 Å². The van der Waals surface area contributed by atoms with Gasteiger partial charge in [0.05, 0.1) is 14.2 Å². The Hall–Kier alpha value is -2.55. The molecule has 0 fully saturated rings. The van der Waals surface area contributed by atoms with Crippen molar-refractivity contribution in [2.45, 2.75) is 18.7 Å². The molecule has 0 spiro atoms. The monoisotopic (exact) mass is 366 g/mol. The van der Waals surface area contributed by atoms with Gasteiger partial charge in [-0.2, -0.15) is 0 Å². The fourth-order valence-corrected chi connectivity index (χ4v) is 3.13. The number of hydrogen-bond acceptors (Lipinski definition) is 7. The molecule has 9 heteroatoms. The number of rotatable bonds is 8. The van der Waals surface area contributed by atoms with Crippen LogP contribution in [-0.2, 0) is 10.0 Å². The van der Waals surface area contributed by atoms with E-state index in [0.717, 1.165) is 6.54 Å². The van der Waals surface area contributed by atoms with Crippen LogP contribution in [-0.4, -0.2) is 39.4 Å². The van der Waals surface area contributed by atoms with E-state index in [1.54, 1.807) is 18.2 Å². The van der Waals surface area contributed by atoms with Crippen LogP contribution in [0, 0.1) is 5.92 Å². The van der Waals surface area contributed by atoms with Crippen LogP contribution in [0.25, 0.3) is 0 Å². The van der Waals surface area contributed by atoms with E-state index in [1.165, 1.54) is 26.4 Å². The van der Waals surface area contributed by atoms with E-state index >= 15 is 0 Å². The zero-order valence-electron chi connectivity index (χ0n) is 14.6. The maximum absolute atomic E-state index is 12.6. The highest BCUT2D eigenvalue weighted by atomic mass is 32.2. The summed E-state index contributed by atoms with van der Waals surface area (Å²) < 4.78 is 37.7. The van der Waals surface area contributed by atoms with E-state index in [2.05, 4.69) is 34.1 Å². The van der Waals surface area contributed by atoms with Crippen molar-refractivity contribution in [2.75, 3.05) is 30.8 Å². The van der Waals surface area contributed by atoms with Crippen molar-refractivity contribution in [1.82, 2.24) is 10.2 Å². The Balaban J connectivity index is 2.18. The first-order valence-electron chi connectivity index (χ1n) is 7.68. The first-order chi connectivity index (χ1) is 11.9. The Kier molecular flexibility index (Phi) is 6.02. The summed E-state index contributed by atoms with van der Waals surface area (Å²) in [5, 5.41) is 11.0. The highest BCUT2D eigenvalue weighted by molar-refractivity contribution is 7.92. The minimum atomic E-state index is -3.87. The number of nitrogens with zero attached hydrogens (tertiary/aromatic N) is 2. The first kappa shape index (κ1) is 18.8. The Morgan fingerprint density at radius 2 is 1.72 bits per heavy atom. The third kappa shape index (κ3) is 4.96. The lowest BCUT2D eigenvalue weighted by Gasteiger charge is -2.12. The molecule has 0 bridgehead atoms. The van der Waals surface area contributed by atoms with Gasteiger partial charge in [0.25, 0.3) is 10.0 Å². The topological polar surface area (TPSA) is 102 Å². The van der Waals surface area contributed by atoms with Crippen LogP contribution in [0.5, 0.6) is 11.5 Å². The normalized spacial score (nSPS) is 11.2. The van der Waals surface area contributed by atoms with Gasteiger partial charge in [0.2, 0.25) is 0 Å². The number of sulfonamides is 1. The van der Waals surface area contributed by atoms with Crippen LogP contribution < -0.4 is 19.5 Å². The fraction of sp³-hybridized carbons (Fsp3) is 0.375. The lowest BCUT2D eigenvalue weighted by Crippen LogP contribution is -2.16. The Morgan fingerprint density at radius 1 is 1.04 bits per heavy atom. The molecule has 0 saturated carbocycles. The molecule has 0 unspecified atom stereocenters. The molecule has 1 aromatic carbocycles. The zero-order valence-corrected chi connectivity index (χ0v) is 15.4. The third-order valence-corrected chi connectivity index (χ3v) is 4.65. The molecule has 2 rings (SSSR count). The molecule has 25 heavy (non-hydrogen) atoms. The van der Waals surface area contributed by atoms with Crippen molar-refractivity contribution in [3.63, 3.8) is 0 Å². The quantitative estimate of drug-likeness (QED) is 0.739. The molecule has 2 aromatic rings. The molecular formula is C16H22N4O4S. The smallest absolute Gasteiger partial charge is 0.266 e. The van der Waals surface area contributed by atoms with Crippen molar-refractivity contribution in [3.8, 4) is 11.5 Å². The number of anilines is 2. The van der Waals surface area contributed by atoms with Crippen LogP contribution in [0.2, 0.25) is 0 Å². The van der Waals surface area contributed by atoms with Crippen molar-refractivity contribution < 1.29 is 17.9 Å². The largest absolute Gasteiger partial charge is 0.497 e. The maximum Gasteiger partial charge on any atom is 0.266 e. The lowest BCUT2D eigenvalue weighted by molar-refractivity contribution is 0.386. The van der Waals surface area contributed by atoms with Crippen LogP contribution in [0.1, 0.15) is 13.8 Å². The Bertz CT molecular complexity index is 807. The molecule has 0 saturated heterocycles. The maximum atomic E-state index is 12.6. The van der Waals surface area contributed by atoms with Gasteiger partial charge in [-0.3, -0.25) is 4.72 Å². The SMILES string of the molecule is COc1ccc(S(=O)(=O)Nc2ccc(NCC(C)C)nn2)c(OC)c1. The minimum absolute atomic E-state index is 0.0143. The number of methoxy groups -OCH3 is 2. The molecule has 0 aliphatic rings. The van der Waals surface area contributed by atoms with Crippen molar-refractivity contribution in [2.24, 2.45) is 5.92 Å².